The Morgan fingerprint density at radius 3 is 0.571 bits per heavy atom. The van der Waals surface area contributed by atoms with Gasteiger partial charge in [0, 0.05) is 78.0 Å². The van der Waals surface area contributed by atoms with Crippen molar-refractivity contribution in [2.75, 3.05) is 11.5 Å². The number of aromatic nitrogens is 8. The summed E-state index contributed by atoms with van der Waals surface area (Å²) in [7, 11) is 0. The number of rotatable bonds is 11. The lowest BCUT2D eigenvalue weighted by atomic mass is 9.74. The molecule has 0 atom stereocenters. The van der Waals surface area contributed by atoms with Crippen LogP contribution >= 0.6 is 0 Å². The lowest BCUT2D eigenvalue weighted by Crippen LogP contribution is -2.07. The number of phenolic OH excluding ortho intramolecular Hbond substituents is 10. The fourth-order valence-electron chi connectivity index (χ4n) is 18.9. The molecule has 0 aliphatic heterocycles. The van der Waals surface area contributed by atoms with Gasteiger partial charge in [0.2, 0.25) is 0 Å². The van der Waals surface area contributed by atoms with Crippen LogP contribution < -0.4 is 11.5 Å². The van der Waals surface area contributed by atoms with E-state index >= 15 is 0 Å². The van der Waals surface area contributed by atoms with Crippen molar-refractivity contribution in [3.63, 3.8) is 0 Å². The monoisotopic (exact) mass is 1830 g/mol. The Kier molecular flexibility index (Phi) is 23.1. The van der Waals surface area contributed by atoms with E-state index < -0.39 is 0 Å². The number of phenols is 10. The van der Waals surface area contributed by atoms with Crippen LogP contribution in [0.1, 0.15) is 0 Å². The number of hydrogen-bond acceptors (Lipinski definition) is 12. The van der Waals surface area contributed by atoms with Crippen LogP contribution in [0.3, 0.4) is 0 Å². The summed E-state index contributed by atoms with van der Waals surface area (Å²) in [5.74, 6) is -1.52. The normalized spacial score (nSPS) is 11.2. The number of anilines is 2. The third kappa shape index (κ3) is 17.5. The van der Waals surface area contributed by atoms with Crippen LogP contribution in [-0.2, 0) is 0 Å². The Morgan fingerprint density at radius 2 is 0.336 bits per heavy atom. The van der Waals surface area contributed by atoms with E-state index in [1.165, 1.54) is 30.3 Å². The zero-order chi connectivity index (χ0) is 95.8. The highest BCUT2D eigenvalue weighted by atomic mass is 16.3. The first-order valence-corrected chi connectivity index (χ1v) is 45.3. The van der Waals surface area contributed by atoms with Gasteiger partial charge in [0.15, 0.2) is 0 Å². The minimum atomic E-state index is -0.185. The summed E-state index contributed by atoms with van der Waals surface area (Å²) in [6.07, 6.45) is 0. The SMILES string of the molecule is Nc1c(-c2cccc(O)c2)c(-c2cccc(O)c2)c(-c2c(-c3cccc(O)c3)c(-c3cccc(O)c3)c(N)c3[nH]c4ccc(cc4)c4ccc(cc4)[nH][nH]c4ccc(cc4)c4ccc(cc4)[nH][nH]c4ccc(cc4)c4ccc(cc4)[nH][nH]c4ccc(cc4)c4c(-c5cccc(O)c5)c(-c5cccc(O)c5)c([nH]c23)c(-c2cccc(O)c2)c4-c2cccc(O)c2)c(-c2cccc(O)c2)c1-c1cccc(O)c1. The first-order valence-electron chi connectivity index (χ1n) is 45.3. The number of H-pyrrole nitrogens is 8. The maximum Gasteiger partial charge on any atom is 0.116 e. The zero-order valence-electron chi connectivity index (χ0n) is 74.9. The second kappa shape index (κ2) is 37.1. The number of aromatic hydroxyl groups is 10. The summed E-state index contributed by atoms with van der Waals surface area (Å²) < 4.78 is 0. The molecule has 0 radical (unpaired) electrons. The molecule has 0 amide bonds. The van der Waals surface area contributed by atoms with Crippen LogP contribution in [0.2, 0.25) is 0 Å². The third-order valence-corrected chi connectivity index (χ3v) is 25.2. The smallest absolute Gasteiger partial charge is 0.116 e. The molecule has 0 spiro atoms. The summed E-state index contributed by atoms with van der Waals surface area (Å²) in [6.45, 7) is 0. The molecule has 0 saturated heterocycles. The molecule has 22 N–H and O–H groups in total. The van der Waals surface area contributed by atoms with Crippen molar-refractivity contribution in [3.8, 4) is 180 Å². The quantitative estimate of drug-likeness (QED) is 0.0537. The van der Waals surface area contributed by atoms with Gasteiger partial charge < -0.3 is 103 Å². The molecule has 0 aliphatic carbocycles. The summed E-state index contributed by atoms with van der Waals surface area (Å²) in [6, 6.07) is 123. The number of benzene rings is 20. The Morgan fingerprint density at radius 1 is 0.143 bits per heavy atom. The molecule has 680 valence electrons. The number of nitrogens with one attached hydrogen (secondary N) is 8. The molecule has 32 aromatic rings. The van der Waals surface area contributed by atoms with Gasteiger partial charge in [-0.2, -0.15) is 0 Å². The fourth-order valence-corrected chi connectivity index (χ4v) is 18.9. The standard InChI is InChI=1S/C120H90N10O10/c121-116-109(81-16-6-26-98(136)64-81)106(78-13-3-23-95(133)61-78)114(107(79-14-4-24-96(134)62-79)110(116)82-17-7-27-99(137)65-82)115-108(80-15-5-25-97(135)63-80)111(83-18-8-28-100(138)66-83)117(122)120-119(115)124-118-112(84-19-9-29-101(139)67-84)104(76-11-1-21-93(131)59-76)103(105(77-12-2-22-94(132)60-77)113(118)85-20-10-30-102(140)68-85)75-43-57-92(58-44-75)130-129-91-55-41-74(42-56-91)73-39-53-90(54-40-73)128-127-89-51-37-72(38-52-89)71-35-49-88(50-36-71)126-125-87-47-33-70(34-48-87)69-31-45-86(123-120)46-32-69/h1-68,123-140H,121-122H2. The van der Waals surface area contributed by atoms with Gasteiger partial charge >= 0.3 is 0 Å². The van der Waals surface area contributed by atoms with Crippen molar-refractivity contribution in [3.05, 3.63) is 413 Å². The summed E-state index contributed by atoms with van der Waals surface area (Å²) in [4.78, 5) is 8.24. The van der Waals surface area contributed by atoms with Gasteiger partial charge in [-0.3, -0.25) is 0 Å². The molecule has 20 heteroatoms. The lowest BCUT2D eigenvalue weighted by molar-refractivity contribution is 0.475. The van der Waals surface area contributed by atoms with Gasteiger partial charge in [-0.25, -0.2) is 0 Å². The molecule has 32 rings (SSSR count). The van der Waals surface area contributed by atoms with Crippen molar-refractivity contribution >= 4 is 110 Å². The highest BCUT2D eigenvalue weighted by Gasteiger charge is 2.35. The van der Waals surface area contributed by atoms with E-state index in [-0.39, 0.29) is 119 Å². The Balaban J connectivity index is 1.03. The predicted molar refractivity (Wildman–Crippen MR) is 567 cm³/mol. The van der Waals surface area contributed by atoms with Gasteiger partial charge in [0.25, 0.3) is 0 Å². The minimum Gasteiger partial charge on any atom is -0.508 e. The lowest BCUT2D eigenvalue weighted by Gasteiger charge is -2.30. The van der Waals surface area contributed by atoms with E-state index in [0.29, 0.717) is 111 Å². The zero-order valence-corrected chi connectivity index (χ0v) is 74.9. The highest BCUT2D eigenvalue weighted by molar-refractivity contribution is 6.26. The van der Waals surface area contributed by atoms with E-state index in [9.17, 15) is 51.1 Å². The molecule has 12 aromatic heterocycles. The van der Waals surface area contributed by atoms with Crippen LogP contribution in [0.5, 0.6) is 57.5 Å². The van der Waals surface area contributed by atoms with Gasteiger partial charge in [-0.05, 0) is 305 Å². The Labute approximate surface area is 800 Å². The second-order valence-corrected chi connectivity index (χ2v) is 34.4. The number of nitrogen functional groups attached to an aromatic ring is 2. The van der Waals surface area contributed by atoms with Crippen molar-refractivity contribution in [2.45, 2.75) is 0 Å². The number of hydrogen-bond donors (Lipinski definition) is 20. The molecule has 12 heterocycles. The summed E-state index contributed by atoms with van der Waals surface area (Å²) >= 11 is 0. The predicted octanol–water partition coefficient (Wildman–Crippen LogP) is 29.1. The molecule has 0 fully saturated rings. The van der Waals surface area contributed by atoms with Crippen LogP contribution in [0, 0.1) is 0 Å². The third-order valence-electron chi connectivity index (χ3n) is 25.2. The van der Waals surface area contributed by atoms with Crippen LogP contribution in [0.25, 0.3) is 221 Å². The average Bonchev–Trinajstić information content (AvgIpc) is 0.698. The first kappa shape index (κ1) is 87.1. The van der Waals surface area contributed by atoms with Gasteiger partial charge in [0.1, 0.15) is 57.5 Å². The molecule has 0 aliphatic rings. The summed E-state index contributed by atoms with van der Waals surface area (Å²) in [5, 5.41) is 151. The molecule has 0 unspecified atom stereocenters. The van der Waals surface area contributed by atoms with Crippen molar-refractivity contribution in [1.82, 2.24) is 40.6 Å². The Bertz CT molecular complexity index is 8740. The first-order chi connectivity index (χ1) is 68.3. The van der Waals surface area contributed by atoms with E-state index in [2.05, 4.69) is 77.0 Å². The Hall–Kier alpha value is -19.6. The number of fused-ring (bicyclic) bond motifs is 2. The summed E-state index contributed by atoms with van der Waals surface area (Å²) in [5.41, 5.74) is 30.2. The molecule has 140 heavy (non-hydrogen) atoms. The fraction of sp³-hybridized carbons (Fsp3) is 0. The maximum absolute atomic E-state index is 12.5. The topological polar surface area (TPSA) is 381 Å². The van der Waals surface area contributed by atoms with Crippen LogP contribution in [0.15, 0.2) is 413 Å². The average molecular weight is 1830 g/mol. The van der Waals surface area contributed by atoms with Crippen molar-refractivity contribution < 1.29 is 51.1 Å². The minimum absolute atomic E-state index is 0.0361. The van der Waals surface area contributed by atoms with Crippen molar-refractivity contribution in [1.29, 1.82) is 0 Å². The number of aromatic amines is 8. The van der Waals surface area contributed by atoms with E-state index in [4.69, 9.17) is 11.5 Å². The number of nitrogens with two attached hydrogens (primary N) is 2. The maximum atomic E-state index is 12.5. The van der Waals surface area contributed by atoms with E-state index in [1.807, 2.05) is 182 Å². The van der Waals surface area contributed by atoms with Gasteiger partial charge in [-0.1, -0.05) is 206 Å². The molecule has 20 aromatic carbocycles. The molecule has 20 nitrogen and oxygen atoms in total. The van der Waals surface area contributed by atoms with Gasteiger partial charge in [0.05, 0.1) is 55.3 Å². The van der Waals surface area contributed by atoms with E-state index in [1.54, 1.807) is 164 Å². The molecular formula is C120H90N10O10. The van der Waals surface area contributed by atoms with Crippen LogP contribution in [-0.4, -0.2) is 91.6 Å². The van der Waals surface area contributed by atoms with E-state index in [0.717, 1.165) is 59.9 Å². The van der Waals surface area contributed by atoms with Gasteiger partial charge in [-0.15, -0.1) is 0 Å². The molecule has 16 bridgehead atoms. The highest BCUT2D eigenvalue weighted by Crippen LogP contribution is 2.61. The largest absolute Gasteiger partial charge is 0.508 e. The van der Waals surface area contributed by atoms with Crippen molar-refractivity contribution in [2.24, 2.45) is 0 Å². The molecule has 0 saturated carbocycles. The van der Waals surface area contributed by atoms with Crippen LogP contribution in [0.4, 0.5) is 11.4 Å². The second-order valence-electron chi connectivity index (χ2n) is 34.4. The molecular weight excluding hydrogens is 1740 g/mol.